The maximum Gasteiger partial charge on any atom is 0.289 e. The van der Waals surface area contributed by atoms with Gasteiger partial charge in [0.15, 0.2) is 0 Å². The van der Waals surface area contributed by atoms with Gasteiger partial charge >= 0.3 is 0 Å². The molecule has 0 unspecified atom stereocenters. The van der Waals surface area contributed by atoms with E-state index >= 15 is 0 Å². The topological polar surface area (TPSA) is 37.4 Å². The number of imide groups is 1. The van der Waals surface area contributed by atoms with Crippen LogP contribution in [0.5, 0.6) is 0 Å². The molecule has 1 fully saturated rings. The summed E-state index contributed by atoms with van der Waals surface area (Å²) in [6.45, 7) is 2.25. The molecule has 0 N–H and O–H groups in total. The quantitative estimate of drug-likeness (QED) is 0.847. The summed E-state index contributed by atoms with van der Waals surface area (Å²) in [5, 5.41) is 0.241. The Labute approximate surface area is 109 Å². The van der Waals surface area contributed by atoms with Gasteiger partial charge in [0.05, 0.1) is 5.25 Å². The highest BCUT2D eigenvalue weighted by molar-refractivity contribution is 8.15. The Morgan fingerprint density at radius 1 is 1.29 bits per heavy atom. The van der Waals surface area contributed by atoms with Gasteiger partial charge in [0.1, 0.15) is 0 Å². The highest BCUT2D eigenvalue weighted by Crippen LogP contribution is 2.29. The molecule has 3 nitrogen and oxygen atoms in total. The Bertz CT molecular complexity index is 446. The SMILES string of the molecule is CCN1C(=O)S[C@@H](Cc2ccc(Cl)cc2)C1=O. The van der Waals surface area contributed by atoms with E-state index in [-0.39, 0.29) is 16.4 Å². The predicted molar refractivity (Wildman–Crippen MR) is 69.3 cm³/mol. The van der Waals surface area contributed by atoms with Crippen LogP contribution in [0.1, 0.15) is 12.5 Å². The van der Waals surface area contributed by atoms with Crippen molar-refractivity contribution in [1.82, 2.24) is 4.90 Å². The highest BCUT2D eigenvalue weighted by Gasteiger charge is 2.38. The minimum Gasteiger partial charge on any atom is -0.273 e. The van der Waals surface area contributed by atoms with Crippen LogP contribution in [0.15, 0.2) is 24.3 Å². The molecule has 0 spiro atoms. The van der Waals surface area contributed by atoms with Crippen LogP contribution in [0, 0.1) is 0 Å². The van der Waals surface area contributed by atoms with Crippen molar-refractivity contribution >= 4 is 34.5 Å². The number of benzene rings is 1. The first-order valence-corrected chi connectivity index (χ1v) is 6.64. The average Bonchev–Trinajstić information content (AvgIpc) is 2.57. The fourth-order valence-electron chi connectivity index (χ4n) is 1.75. The van der Waals surface area contributed by atoms with Crippen molar-refractivity contribution < 1.29 is 9.59 Å². The van der Waals surface area contributed by atoms with E-state index < -0.39 is 0 Å². The van der Waals surface area contributed by atoms with Crippen molar-refractivity contribution in [2.45, 2.75) is 18.6 Å². The third-order valence-corrected chi connectivity index (χ3v) is 3.98. The Morgan fingerprint density at radius 2 is 1.94 bits per heavy atom. The summed E-state index contributed by atoms with van der Waals surface area (Å²) < 4.78 is 0. The number of amides is 2. The summed E-state index contributed by atoms with van der Waals surface area (Å²) in [6.07, 6.45) is 0.572. The normalized spacial score (nSPS) is 20.1. The number of nitrogens with zero attached hydrogens (tertiary/aromatic N) is 1. The third kappa shape index (κ3) is 2.64. The molecule has 17 heavy (non-hydrogen) atoms. The molecule has 1 aromatic carbocycles. The monoisotopic (exact) mass is 269 g/mol. The van der Waals surface area contributed by atoms with Gasteiger partial charge < -0.3 is 0 Å². The lowest BCUT2D eigenvalue weighted by atomic mass is 10.1. The number of carbonyl (C=O) groups excluding carboxylic acids is 2. The molecule has 1 aromatic rings. The third-order valence-electron chi connectivity index (χ3n) is 2.66. The van der Waals surface area contributed by atoms with Gasteiger partial charge in [0.2, 0.25) is 5.91 Å². The van der Waals surface area contributed by atoms with Crippen LogP contribution >= 0.6 is 23.4 Å². The van der Waals surface area contributed by atoms with E-state index in [2.05, 4.69) is 0 Å². The summed E-state index contributed by atoms with van der Waals surface area (Å²) in [7, 11) is 0. The Balaban J connectivity index is 2.08. The van der Waals surface area contributed by atoms with Gasteiger partial charge in [0.25, 0.3) is 5.24 Å². The van der Waals surface area contributed by atoms with Gasteiger partial charge in [-0.2, -0.15) is 0 Å². The molecule has 2 rings (SSSR count). The zero-order valence-electron chi connectivity index (χ0n) is 9.35. The first-order valence-electron chi connectivity index (χ1n) is 5.38. The second kappa shape index (κ2) is 5.10. The van der Waals surface area contributed by atoms with Crippen LogP contribution in [0.4, 0.5) is 4.79 Å². The average molecular weight is 270 g/mol. The van der Waals surface area contributed by atoms with Crippen molar-refractivity contribution in [3.05, 3.63) is 34.9 Å². The zero-order valence-corrected chi connectivity index (χ0v) is 10.9. The Morgan fingerprint density at radius 3 is 2.47 bits per heavy atom. The molecule has 1 saturated heterocycles. The van der Waals surface area contributed by atoms with Gasteiger partial charge in [-0.3, -0.25) is 14.5 Å². The molecule has 0 radical (unpaired) electrons. The second-order valence-corrected chi connectivity index (χ2v) is 5.38. The number of halogens is 1. The molecule has 90 valence electrons. The van der Waals surface area contributed by atoms with E-state index in [0.29, 0.717) is 18.0 Å². The van der Waals surface area contributed by atoms with Crippen LogP contribution in [-0.4, -0.2) is 27.8 Å². The van der Waals surface area contributed by atoms with Crippen LogP contribution in [0.3, 0.4) is 0 Å². The molecular formula is C12H12ClNO2S. The first kappa shape index (κ1) is 12.5. The largest absolute Gasteiger partial charge is 0.289 e. The van der Waals surface area contributed by atoms with E-state index in [1.807, 2.05) is 12.1 Å². The Hall–Kier alpha value is -1.00. The minimum atomic E-state index is -0.288. The lowest BCUT2D eigenvalue weighted by molar-refractivity contribution is -0.126. The van der Waals surface area contributed by atoms with Gasteiger partial charge in [-0.1, -0.05) is 35.5 Å². The van der Waals surface area contributed by atoms with Crippen molar-refractivity contribution in [2.75, 3.05) is 6.54 Å². The van der Waals surface area contributed by atoms with E-state index in [0.717, 1.165) is 17.3 Å². The van der Waals surface area contributed by atoms with E-state index in [4.69, 9.17) is 11.6 Å². The van der Waals surface area contributed by atoms with E-state index in [1.54, 1.807) is 19.1 Å². The molecule has 0 aliphatic carbocycles. The number of rotatable bonds is 3. The summed E-state index contributed by atoms with van der Waals surface area (Å²) in [5.41, 5.74) is 1.02. The minimum absolute atomic E-state index is 0.0857. The van der Waals surface area contributed by atoms with Crippen LogP contribution < -0.4 is 0 Å². The summed E-state index contributed by atoms with van der Waals surface area (Å²) in [6, 6.07) is 7.35. The smallest absolute Gasteiger partial charge is 0.273 e. The molecule has 0 bridgehead atoms. The van der Waals surface area contributed by atoms with E-state index in [1.165, 1.54) is 4.90 Å². The lowest BCUT2D eigenvalue weighted by Gasteiger charge is -2.10. The molecule has 1 aliphatic heterocycles. The molecule has 5 heteroatoms. The first-order chi connectivity index (χ1) is 8.11. The Kier molecular flexibility index (Phi) is 3.74. The molecule has 1 heterocycles. The summed E-state index contributed by atoms with van der Waals surface area (Å²) >= 11 is 6.90. The van der Waals surface area contributed by atoms with Gasteiger partial charge in [-0.15, -0.1) is 0 Å². The fraction of sp³-hybridized carbons (Fsp3) is 0.333. The predicted octanol–water partition coefficient (Wildman–Crippen LogP) is 2.97. The number of hydrogen-bond donors (Lipinski definition) is 0. The van der Waals surface area contributed by atoms with Crippen molar-refractivity contribution in [3.63, 3.8) is 0 Å². The molecule has 0 saturated carbocycles. The standard InChI is InChI=1S/C12H12ClNO2S/c1-2-14-11(15)10(17-12(14)16)7-8-3-5-9(13)6-4-8/h3-6,10H,2,7H2,1H3/t10-/m0/s1. The van der Waals surface area contributed by atoms with Gasteiger partial charge in [-0.05, 0) is 31.0 Å². The summed E-state index contributed by atoms with van der Waals surface area (Å²) in [5.74, 6) is -0.0857. The zero-order chi connectivity index (χ0) is 12.4. The molecule has 1 aliphatic rings. The second-order valence-electron chi connectivity index (χ2n) is 3.79. The molecule has 1 atom stereocenters. The maximum atomic E-state index is 11.9. The summed E-state index contributed by atoms with van der Waals surface area (Å²) in [4.78, 5) is 24.7. The van der Waals surface area contributed by atoms with Crippen LogP contribution in [-0.2, 0) is 11.2 Å². The highest BCUT2D eigenvalue weighted by atomic mass is 35.5. The van der Waals surface area contributed by atoms with E-state index in [9.17, 15) is 9.59 Å². The lowest BCUT2D eigenvalue weighted by Crippen LogP contribution is -2.31. The van der Waals surface area contributed by atoms with Crippen LogP contribution in [0.25, 0.3) is 0 Å². The fourth-order valence-corrected chi connectivity index (χ4v) is 2.97. The number of thioether (sulfide) groups is 1. The molecule has 2 amide bonds. The number of carbonyl (C=O) groups is 2. The van der Waals surface area contributed by atoms with Crippen molar-refractivity contribution in [2.24, 2.45) is 0 Å². The molecular weight excluding hydrogens is 258 g/mol. The maximum absolute atomic E-state index is 11.9. The van der Waals surface area contributed by atoms with Crippen molar-refractivity contribution in [1.29, 1.82) is 0 Å². The van der Waals surface area contributed by atoms with Gasteiger partial charge in [-0.25, -0.2) is 0 Å². The van der Waals surface area contributed by atoms with Crippen molar-refractivity contribution in [3.8, 4) is 0 Å². The van der Waals surface area contributed by atoms with Gasteiger partial charge in [0, 0.05) is 11.6 Å². The van der Waals surface area contributed by atoms with Crippen LogP contribution in [0.2, 0.25) is 5.02 Å². The number of hydrogen-bond acceptors (Lipinski definition) is 3. The molecule has 0 aromatic heterocycles.